The van der Waals surface area contributed by atoms with Crippen molar-refractivity contribution in [3.05, 3.63) is 17.6 Å². The van der Waals surface area contributed by atoms with Gasteiger partial charge in [0.15, 0.2) is 0 Å². The number of likely N-dealkylation sites (tertiary alicyclic amines) is 1. The van der Waals surface area contributed by atoms with Crippen LogP contribution >= 0.6 is 0 Å². The average molecular weight is 372 g/mol. The molecular weight excluding hydrogens is 338 g/mol. The van der Waals surface area contributed by atoms with Crippen LogP contribution in [0.5, 0.6) is 0 Å². The van der Waals surface area contributed by atoms with E-state index in [4.69, 9.17) is 0 Å². The monoisotopic (exact) mass is 371 g/mol. The number of aromatic nitrogens is 2. The topological polar surface area (TPSA) is 52.6 Å². The number of rotatable bonds is 3. The predicted octanol–water partition coefficient (Wildman–Crippen LogP) is 2.40. The zero-order valence-electron chi connectivity index (χ0n) is 16.9. The van der Waals surface area contributed by atoms with Gasteiger partial charge >= 0.3 is 0 Å². The molecule has 0 bridgehead atoms. The van der Waals surface area contributed by atoms with Gasteiger partial charge in [-0.2, -0.15) is 0 Å². The molecule has 4 rings (SSSR count). The first kappa shape index (κ1) is 18.7. The van der Waals surface area contributed by atoms with Crippen LogP contribution in [-0.4, -0.2) is 71.0 Å². The third kappa shape index (κ3) is 3.96. The van der Waals surface area contributed by atoms with E-state index in [2.05, 4.69) is 31.6 Å². The van der Waals surface area contributed by atoms with Crippen molar-refractivity contribution in [2.75, 3.05) is 44.2 Å². The van der Waals surface area contributed by atoms with Crippen molar-refractivity contribution in [2.45, 2.75) is 58.4 Å². The Morgan fingerprint density at radius 2 is 1.70 bits per heavy atom. The summed E-state index contributed by atoms with van der Waals surface area (Å²) in [5.41, 5.74) is 2.18. The van der Waals surface area contributed by atoms with E-state index in [1.807, 2.05) is 6.92 Å². The minimum atomic E-state index is 0.203. The van der Waals surface area contributed by atoms with E-state index in [1.54, 1.807) is 6.33 Å². The van der Waals surface area contributed by atoms with Crippen LogP contribution in [0.25, 0.3) is 0 Å². The number of aryl methyl sites for hydroxylation is 1. The first-order chi connectivity index (χ1) is 13.1. The molecule has 0 spiro atoms. The maximum atomic E-state index is 13.1. The van der Waals surface area contributed by atoms with Crippen molar-refractivity contribution in [1.82, 2.24) is 19.8 Å². The summed E-state index contributed by atoms with van der Waals surface area (Å²) < 4.78 is 0. The van der Waals surface area contributed by atoms with Gasteiger partial charge in [-0.3, -0.25) is 9.69 Å². The summed E-state index contributed by atoms with van der Waals surface area (Å²) in [7, 11) is 0. The van der Waals surface area contributed by atoms with E-state index in [0.29, 0.717) is 5.91 Å². The average Bonchev–Trinajstić information content (AvgIpc) is 3.25. The smallest absolute Gasteiger partial charge is 0.227 e. The summed E-state index contributed by atoms with van der Waals surface area (Å²) in [5, 5.41) is 0. The van der Waals surface area contributed by atoms with Crippen molar-refractivity contribution in [2.24, 2.45) is 5.92 Å². The van der Waals surface area contributed by atoms with Gasteiger partial charge in [-0.1, -0.05) is 12.8 Å². The van der Waals surface area contributed by atoms with E-state index in [9.17, 15) is 4.79 Å². The molecule has 1 aromatic heterocycles. The Kier molecular flexibility index (Phi) is 5.62. The van der Waals surface area contributed by atoms with Crippen LogP contribution < -0.4 is 4.90 Å². The molecule has 0 aromatic carbocycles. The van der Waals surface area contributed by atoms with Crippen LogP contribution in [-0.2, 0) is 4.79 Å². The van der Waals surface area contributed by atoms with E-state index >= 15 is 0 Å². The Morgan fingerprint density at radius 1 is 0.963 bits per heavy atom. The number of anilines is 1. The van der Waals surface area contributed by atoms with Crippen molar-refractivity contribution in [3.63, 3.8) is 0 Å². The van der Waals surface area contributed by atoms with Crippen molar-refractivity contribution >= 4 is 11.7 Å². The fourth-order valence-corrected chi connectivity index (χ4v) is 5.05. The van der Waals surface area contributed by atoms with Gasteiger partial charge in [0.2, 0.25) is 5.91 Å². The Bertz CT molecular complexity index is 665. The molecule has 27 heavy (non-hydrogen) atoms. The highest BCUT2D eigenvalue weighted by Crippen LogP contribution is 2.29. The lowest BCUT2D eigenvalue weighted by Crippen LogP contribution is -2.53. The van der Waals surface area contributed by atoms with Crippen LogP contribution in [0.3, 0.4) is 0 Å². The maximum Gasteiger partial charge on any atom is 0.227 e. The minimum absolute atomic E-state index is 0.203. The first-order valence-corrected chi connectivity index (χ1v) is 10.7. The number of nitrogens with zero attached hydrogens (tertiary/aromatic N) is 5. The van der Waals surface area contributed by atoms with E-state index in [0.717, 1.165) is 62.3 Å². The molecule has 0 unspecified atom stereocenters. The molecule has 148 valence electrons. The lowest BCUT2D eigenvalue weighted by molar-refractivity contribution is -0.138. The number of amides is 1. The fraction of sp³-hybridized carbons (Fsp3) is 0.762. The first-order valence-electron chi connectivity index (χ1n) is 10.7. The van der Waals surface area contributed by atoms with Crippen LogP contribution in [0.15, 0.2) is 6.33 Å². The lowest BCUT2D eigenvalue weighted by Gasteiger charge is -2.41. The molecule has 2 aliphatic heterocycles. The molecule has 1 aliphatic carbocycles. The van der Waals surface area contributed by atoms with Crippen molar-refractivity contribution < 1.29 is 4.79 Å². The summed E-state index contributed by atoms with van der Waals surface area (Å²) in [6.07, 6.45) is 9.27. The number of carbonyl (C=O) groups excluding carboxylic acids is 1. The number of carbonyl (C=O) groups is 1. The SMILES string of the molecule is Cc1ncnc(N2CCN(C(=O)[C@H]3CCCN(C4CCCC4)C3)CC2)c1C. The van der Waals surface area contributed by atoms with Gasteiger partial charge in [-0.25, -0.2) is 9.97 Å². The van der Waals surface area contributed by atoms with Crippen LogP contribution in [0.2, 0.25) is 0 Å². The molecule has 3 fully saturated rings. The highest BCUT2D eigenvalue weighted by Gasteiger charge is 2.34. The second-order valence-electron chi connectivity index (χ2n) is 8.49. The number of piperidine rings is 1. The predicted molar refractivity (Wildman–Crippen MR) is 107 cm³/mol. The Labute approximate surface area is 162 Å². The van der Waals surface area contributed by atoms with Gasteiger partial charge in [0.25, 0.3) is 0 Å². The van der Waals surface area contributed by atoms with Crippen molar-refractivity contribution in [1.29, 1.82) is 0 Å². The summed E-state index contributed by atoms with van der Waals surface area (Å²) in [6.45, 7) is 9.62. The van der Waals surface area contributed by atoms with Crippen LogP contribution in [0, 0.1) is 19.8 Å². The number of hydrogen-bond acceptors (Lipinski definition) is 5. The Balaban J connectivity index is 1.33. The molecule has 1 atom stereocenters. The normalized spacial score (nSPS) is 25.2. The third-order valence-corrected chi connectivity index (χ3v) is 6.84. The van der Waals surface area contributed by atoms with Crippen LogP contribution in [0.4, 0.5) is 5.82 Å². The van der Waals surface area contributed by atoms with E-state index in [1.165, 1.54) is 38.6 Å². The standard InChI is InChI=1S/C21H33N5O/c1-16-17(2)22-15-23-20(16)24-10-12-25(13-11-24)21(27)18-6-5-9-26(14-18)19-7-3-4-8-19/h15,18-19H,3-14H2,1-2H3/t18-/m0/s1. The Hall–Kier alpha value is -1.69. The Morgan fingerprint density at radius 3 is 2.44 bits per heavy atom. The summed E-state index contributed by atoms with van der Waals surface area (Å²) in [4.78, 5) is 28.9. The molecule has 3 heterocycles. The van der Waals surface area contributed by atoms with Crippen molar-refractivity contribution in [3.8, 4) is 0 Å². The molecule has 6 nitrogen and oxygen atoms in total. The second-order valence-corrected chi connectivity index (χ2v) is 8.49. The molecule has 3 aliphatic rings. The summed E-state index contributed by atoms with van der Waals surface area (Å²) >= 11 is 0. The highest BCUT2D eigenvalue weighted by atomic mass is 16.2. The zero-order valence-corrected chi connectivity index (χ0v) is 16.9. The minimum Gasteiger partial charge on any atom is -0.353 e. The molecular formula is C21H33N5O. The molecule has 1 saturated carbocycles. The number of piperazine rings is 1. The van der Waals surface area contributed by atoms with E-state index < -0.39 is 0 Å². The molecule has 1 amide bonds. The molecule has 0 radical (unpaired) electrons. The van der Waals surface area contributed by atoms with Gasteiger partial charge in [-0.15, -0.1) is 0 Å². The van der Waals surface area contributed by atoms with Crippen LogP contribution in [0.1, 0.15) is 49.8 Å². The van der Waals surface area contributed by atoms with Gasteiger partial charge in [0.1, 0.15) is 12.1 Å². The second kappa shape index (κ2) is 8.13. The maximum absolute atomic E-state index is 13.1. The summed E-state index contributed by atoms with van der Waals surface area (Å²) in [5.74, 6) is 1.61. The fourth-order valence-electron chi connectivity index (χ4n) is 5.05. The molecule has 2 saturated heterocycles. The third-order valence-electron chi connectivity index (χ3n) is 6.84. The largest absolute Gasteiger partial charge is 0.353 e. The van der Waals surface area contributed by atoms with Gasteiger partial charge < -0.3 is 9.80 Å². The van der Waals surface area contributed by atoms with Gasteiger partial charge in [-0.05, 0) is 46.1 Å². The highest BCUT2D eigenvalue weighted by molar-refractivity contribution is 5.79. The molecule has 0 N–H and O–H groups in total. The van der Waals surface area contributed by atoms with E-state index in [-0.39, 0.29) is 5.92 Å². The quantitative estimate of drug-likeness (QED) is 0.817. The van der Waals surface area contributed by atoms with Gasteiger partial charge in [0.05, 0.1) is 5.92 Å². The zero-order chi connectivity index (χ0) is 18.8. The molecule has 1 aromatic rings. The van der Waals surface area contributed by atoms with Gasteiger partial charge in [0, 0.05) is 50.0 Å². The number of hydrogen-bond donors (Lipinski definition) is 0. The molecule has 6 heteroatoms. The summed E-state index contributed by atoms with van der Waals surface area (Å²) in [6, 6.07) is 0.737. The lowest BCUT2D eigenvalue weighted by atomic mass is 9.94.